The zero-order chi connectivity index (χ0) is 18.6. The lowest BCUT2D eigenvalue weighted by molar-refractivity contribution is 0.0635. The Balaban J connectivity index is 1.48. The predicted molar refractivity (Wildman–Crippen MR) is 102 cm³/mol. The lowest BCUT2D eigenvalue weighted by Gasteiger charge is -2.32. The van der Waals surface area contributed by atoms with Crippen LogP contribution in [0, 0.1) is 5.92 Å². The van der Waals surface area contributed by atoms with Gasteiger partial charge < -0.3 is 4.90 Å². The summed E-state index contributed by atoms with van der Waals surface area (Å²) < 4.78 is 0. The molecule has 2 fully saturated rings. The molecule has 1 atom stereocenters. The second-order valence-corrected chi connectivity index (χ2v) is 7.73. The van der Waals surface area contributed by atoms with Gasteiger partial charge in [0.05, 0.1) is 17.5 Å². The minimum Gasteiger partial charge on any atom is -0.338 e. The summed E-state index contributed by atoms with van der Waals surface area (Å²) in [5.41, 5.74) is 2.31. The van der Waals surface area contributed by atoms with E-state index in [2.05, 4.69) is 15.2 Å². The maximum Gasteiger partial charge on any atom is 0.257 e. The summed E-state index contributed by atoms with van der Waals surface area (Å²) >= 11 is 0. The van der Waals surface area contributed by atoms with Gasteiger partial charge in [0, 0.05) is 42.9 Å². The third-order valence-electron chi connectivity index (χ3n) is 5.94. The Kier molecular flexibility index (Phi) is 5.32. The number of nitrogens with zero attached hydrogens (tertiary/aromatic N) is 3. The van der Waals surface area contributed by atoms with Gasteiger partial charge in [-0.05, 0) is 37.8 Å². The number of hydrogen-bond acceptors (Lipinski definition) is 4. The molecule has 2 aromatic rings. The maximum atomic E-state index is 13.2. The Hall–Kier alpha value is -2.50. The summed E-state index contributed by atoms with van der Waals surface area (Å²) in [6, 6.07) is 3.58. The number of ketones is 1. The maximum absolute atomic E-state index is 13.2. The van der Waals surface area contributed by atoms with Gasteiger partial charge in [-0.1, -0.05) is 19.3 Å². The fourth-order valence-corrected chi connectivity index (χ4v) is 4.46. The van der Waals surface area contributed by atoms with Gasteiger partial charge >= 0.3 is 0 Å². The van der Waals surface area contributed by atoms with E-state index in [9.17, 15) is 9.59 Å². The molecule has 4 rings (SSSR count). The Labute approximate surface area is 159 Å². The fraction of sp³-hybridized carbons (Fsp3) is 0.524. The highest BCUT2D eigenvalue weighted by atomic mass is 16.2. The number of aromatic nitrogens is 3. The number of nitrogens with one attached hydrogen (secondary N) is 1. The van der Waals surface area contributed by atoms with E-state index < -0.39 is 0 Å². The fourth-order valence-electron chi connectivity index (χ4n) is 4.46. The topological polar surface area (TPSA) is 79.0 Å². The number of carbonyl (C=O) groups excluding carboxylic acids is 2. The van der Waals surface area contributed by atoms with Crippen LogP contribution in [0.25, 0.3) is 0 Å². The molecule has 0 spiro atoms. The van der Waals surface area contributed by atoms with Crippen LogP contribution >= 0.6 is 0 Å². The average Bonchev–Trinajstić information content (AvgIpc) is 3.24. The van der Waals surface area contributed by atoms with Crippen molar-refractivity contribution in [3.63, 3.8) is 0 Å². The van der Waals surface area contributed by atoms with Crippen molar-refractivity contribution in [3.8, 4) is 0 Å². The molecule has 1 amide bonds. The van der Waals surface area contributed by atoms with Crippen LogP contribution < -0.4 is 0 Å². The minimum absolute atomic E-state index is 0.00742. The number of Topliss-reactive ketones (excluding diaryl/α,β-unsaturated/α-hetero) is 1. The standard InChI is InChI=1S/C21H26N4O2/c26-20(16-8-4-10-22-12-16)17-9-5-11-25(14-17)21(27)18-13-23-24-19(18)15-6-2-1-3-7-15/h4,8,10,12-13,15,17H,1-3,5-7,9,11,14H2,(H,23,24)/t17-/m0/s1. The molecule has 6 heteroatoms. The van der Waals surface area contributed by atoms with Gasteiger partial charge in [-0.2, -0.15) is 5.10 Å². The Morgan fingerprint density at radius 2 is 1.93 bits per heavy atom. The van der Waals surface area contributed by atoms with Crippen molar-refractivity contribution in [3.05, 3.63) is 47.5 Å². The average molecular weight is 366 g/mol. The number of rotatable bonds is 4. The molecule has 1 saturated heterocycles. The number of carbonyl (C=O) groups is 2. The van der Waals surface area contributed by atoms with Crippen molar-refractivity contribution >= 4 is 11.7 Å². The molecule has 27 heavy (non-hydrogen) atoms. The van der Waals surface area contributed by atoms with Crippen molar-refractivity contribution in [2.24, 2.45) is 5.92 Å². The molecule has 0 aromatic carbocycles. The van der Waals surface area contributed by atoms with Gasteiger partial charge in [0.1, 0.15) is 0 Å². The van der Waals surface area contributed by atoms with E-state index in [1.807, 2.05) is 4.90 Å². The number of likely N-dealkylation sites (tertiary alicyclic amines) is 1. The van der Waals surface area contributed by atoms with Crippen molar-refractivity contribution in [2.75, 3.05) is 13.1 Å². The first-order valence-electron chi connectivity index (χ1n) is 10.0. The number of pyridine rings is 1. The molecule has 1 saturated carbocycles. The molecular formula is C21H26N4O2. The molecule has 142 valence electrons. The number of H-pyrrole nitrogens is 1. The molecule has 1 aliphatic heterocycles. The summed E-state index contributed by atoms with van der Waals surface area (Å²) in [5, 5.41) is 7.25. The summed E-state index contributed by atoms with van der Waals surface area (Å²) in [7, 11) is 0. The van der Waals surface area contributed by atoms with Crippen LogP contribution in [0.4, 0.5) is 0 Å². The highest BCUT2D eigenvalue weighted by molar-refractivity contribution is 5.99. The lowest BCUT2D eigenvalue weighted by atomic mass is 9.85. The zero-order valence-corrected chi connectivity index (χ0v) is 15.6. The van der Waals surface area contributed by atoms with E-state index in [1.165, 1.54) is 19.3 Å². The highest BCUT2D eigenvalue weighted by Crippen LogP contribution is 2.34. The largest absolute Gasteiger partial charge is 0.338 e. The van der Waals surface area contributed by atoms with Crippen LogP contribution in [0.5, 0.6) is 0 Å². The van der Waals surface area contributed by atoms with Gasteiger partial charge in [-0.15, -0.1) is 0 Å². The Bertz CT molecular complexity index is 796. The van der Waals surface area contributed by atoms with Gasteiger partial charge in [0.2, 0.25) is 0 Å². The smallest absolute Gasteiger partial charge is 0.257 e. The quantitative estimate of drug-likeness (QED) is 0.839. The molecule has 0 unspecified atom stereocenters. The molecule has 0 bridgehead atoms. The zero-order valence-electron chi connectivity index (χ0n) is 15.6. The lowest BCUT2D eigenvalue weighted by Crippen LogP contribution is -2.42. The van der Waals surface area contributed by atoms with E-state index in [0.717, 1.165) is 31.4 Å². The van der Waals surface area contributed by atoms with Crippen LogP contribution in [0.2, 0.25) is 0 Å². The van der Waals surface area contributed by atoms with Crippen LogP contribution in [0.3, 0.4) is 0 Å². The molecule has 1 aliphatic carbocycles. The number of hydrogen-bond donors (Lipinski definition) is 1. The first-order valence-corrected chi connectivity index (χ1v) is 10.0. The van der Waals surface area contributed by atoms with E-state index in [4.69, 9.17) is 0 Å². The second-order valence-electron chi connectivity index (χ2n) is 7.73. The van der Waals surface area contributed by atoms with E-state index >= 15 is 0 Å². The molecular weight excluding hydrogens is 340 g/mol. The molecule has 1 N–H and O–H groups in total. The first-order chi connectivity index (χ1) is 13.2. The van der Waals surface area contributed by atoms with E-state index in [1.54, 1.807) is 30.7 Å². The van der Waals surface area contributed by atoms with Gasteiger partial charge in [-0.25, -0.2) is 0 Å². The van der Waals surface area contributed by atoms with Gasteiger partial charge in [0.25, 0.3) is 5.91 Å². The van der Waals surface area contributed by atoms with Crippen LogP contribution in [-0.2, 0) is 0 Å². The van der Waals surface area contributed by atoms with Crippen LogP contribution in [-0.4, -0.2) is 44.9 Å². The number of amides is 1. The monoisotopic (exact) mass is 366 g/mol. The predicted octanol–water partition coefficient (Wildman–Crippen LogP) is 3.59. The van der Waals surface area contributed by atoms with Gasteiger partial charge in [-0.3, -0.25) is 19.7 Å². The van der Waals surface area contributed by atoms with Crippen LogP contribution in [0.15, 0.2) is 30.7 Å². The third-order valence-corrected chi connectivity index (χ3v) is 5.94. The summed E-state index contributed by atoms with van der Waals surface area (Å²) in [6.45, 7) is 1.17. The number of piperidine rings is 1. The first kappa shape index (κ1) is 17.9. The SMILES string of the molecule is O=C(c1cccnc1)[C@H]1CCCN(C(=O)c2cn[nH]c2C2CCCCC2)C1. The summed E-state index contributed by atoms with van der Waals surface area (Å²) in [5.74, 6) is 0.336. The Morgan fingerprint density at radius 3 is 2.70 bits per heavy atom. The molecule has 0 radical (unpaired) electrons. The Morgan fingerprint density at radius 1 is 1.07 bits per heavy atom. The summed E-state index contributed by atoms with van der Waals surface area (Å²) in [4.78, 5) is 31.8. The molecule has 3 heterocycles. The number of aromatic amines is 1. The van der Waals surface area contributed by atoms with E-state index in [-0.39, 0.29) is 17.6 Å². The molecule has 6 nitrogen and oxygen atoms in total. The van der Waals surface area contributed by atoms with Crippen molar-refractivity contribution in [1.82, 2.24) is 20.1 Å². The molecule has 2 aromatic heterocycles. The highest BCUT2D eigenvalue weighted by Gasteiger charge is 2.32. The third kappa shape index (κ3) is 3.80. The summed E-state index contributed by atoms with van der Waals surface area (Å²) in [6.07, 6.45) is 12.5. The van der Waals surface area contributed by atoms with Crippen molar-refractivity contribution in [1.29, 1.82) is 0 Å². The van der Waals surface area contributed by atoms with Crippen molar-refractivity contribution in [2.45, 2.75) is 50.9 Å². The normalized spacial score (nSPS) is 21.2. The van der Waals surface area contributed by atoms with Gasteiger partial charge in [0.15, 0.2) is 5.78 Å². The van der Waals surface area contributed by atoms with Crippen LogP contribution in [0.1, 0.15) is 77.3 Å². The minimum atomic E-state index is -0.156. The van der Waals surface area contributed by atoms with E-state index in [0.29, 0.717) is 30.1 Å². The molecule has 2 aliphatic rings. The van der Waals surface area contributed by atoms with Crippen molar-refractivity contribution < 1.29 is 9.59 Å². The second kappa shape index (κ2) is 8.03.